The van der Waals surface area contributed by atoms with Crippen LogP contribution in [0.2, 0.25) is 0 Å². The molecule has 0 bridgehead atoms. The van der Waals surface area contributed by atoms with Gasteiger partial charge >= 0.3 is 0 Å². The second-order valence-corrected chi connectivity index (χ2v) is 6.01. The molecule has 23 heavy (non-hydrogen) atoms. The van der Waals surface area contributed by atoms with Crippen molar-refractivity contribution in [1.82, 2.24) is 0 Å². The van der Waals surface area contributed by atoms with Crippen LogP contribution >= 0.6 is 0 Å². The summed E-state index contributed by atoms with van der Waals surface area (Å²) in [6, 6.07) is 0. The predicted molar refractivity (Wildman–Crippen MR) is 83.5 cm³/mol. The summed E-state index contributed by atoms with van der Waals surface area (Å²) in [5.41, 5.74) is 1.83. The molecule has 7 heteroatoms. The Balaban J connectivity index is 2.53. The van der Waals surface area contributed by atoms with E-state index in [1.807, 2.05) is 19.9 Å². The van der Waals surface area contributed by atoms with Crippen molar-refractivity contribution < 1.29 is 35.0 Å². The number of allylic oxidation sites excluding steroid dienone is 1. The zero-order chi connectivity index (χ0) is 17.6. The van der Waals surface area contributed by atoms with Gasteiger partial charge in [-0.05, 0) is 32.8 Å². The number of hydrogen-bond donors (Lipinski definition) is 5. The Morgan fingerprint density at radius 2 is 1.74 bits per heavy atom. The van der Waals surface area contributed by atoms with Crippen molar-refractivity contribution in [2.45, 2.75) is 64.0 Å². The molecule has 0 aromatic rings. The lowest BCUT2D eigenvalue weighted by molar-refractivity contribution is -0.298. The molecule has 0 unspecified atom stereocenters. The van der Waals surface area contributed by atoms with E-state index in [2.05, 4.69) is 0 Å². The van der Waals surface area contributed by atoms with E-state index in [1.54, 1.807) is 13.0 Å². The lowest BCUT2D eigenvalue weighted by Gasteiger charge is -2.39. The van der Waals surface area contributed by atoms with Gasteiger partial charge in [-0.2, -0.15) is 0 Å². The van der Waals surface area contributed by atoms with E-state index >= 15 is 0 Å². The van der Waals surface area contributed by atoms with Gasteiger partial charge in [-0.15, -0.1) is 0 Å². The molecule has 1 rings (SSSR count). The minimum Gasteiger partial charge on any atom is -0.394 e. The maximum atomic E-state index is 9.96. The molecule has 1 aliphatic rings. The zero-order valence-corrected chi connectivity index (χ0v) is 13.8. The van der Waals surface area contributed by atoms with E-state index in [9.17, 15) is 20.4 Å². The highest BCUT2D eigenvalue weighted by atomic mass is 16.7. The molecule has 6 atom stereocenters. The van der Waals surface area contributed by atoms with Crippen LogP contribution in [0.5, 0.6) is 0 Å². The van der Waals surface area contributed by atoms with Crippen molar-refractivity contribution in [1.29, 1.82) is 0 Å². The fraction of sp³-hybridized carbons (Fsp3) is 0.750. The summed E-state index contributed by atoms with van der Waals surface area (Å²) in [4.78, 5) is 0. The van der Waals surface area contributed by atoms with Crippen molar-refractivity contribution in [3.05, 3.63) is 23.3 Å². The number of hydrogen-bond acceptors (Lipinski definition) is 7. The predicted octanol–water partition coefficient (Wildman–Crippen LogP) is -0.534. The molecule has 1 saturated heterocycles. The first-order valence-corrected chi connectivity index (χ1v) is 7.68. The summed E-state index contributed by atoms with van der Waals surface area (Å²) in [6.07, 6.45) is -2.97. The normalized spacial score (nSPS) is 33.4. The van der Waals surface area contributed by atoms with Gasteiger partial charge < -0.3 is 35.0 Å². The molecular formula is C16H28O7. The molecule has 1 fully saturated rings. The van der Waals surface area contributed by atoms with Gasteiger partial charge in [0.15, 0.2) is 6.29 Å². The SMILES string of the molecule is CC(C)=CC[C@H](O)C(C)=CCO[C@@H]1O[C@H](CO)[C@@H](O)[C@H](O)[C@H]1O. The van der Waals surface area contributed by atoms with Crippen LogP contribution in [0.15, 0.2) is 23.3 Å². The highest BCUT2D eigenvalue weighted by molar-refractivity contribution is 5.08. The van der Waals surface area contributed by atoms with Crippen molar-refractivity contribution in [3.63, 3.8) is 0 Å². The summed E-state index contributed by atoms with van der Waals surface area (Å²) in [6.45, 7) is 5.23. The monoisotopic (exact) mass is 332 g/mol. The van der Waals surface area contributed by atoms with Crippen LogP contribution in [0.25, 0.3) is 0 Å². The topological polar surface area (TPSA) is 120 Å². The first-order valence-electron chi connectivity index (χ1n) is 7.68. The summed E-state index contributed by atoms with van der Waals surface area (Å²) in [5.74, 6) is 0. The molecule has 0 radical (unpaired) electrons. The first kappa shape index (κ1) is 20.2. The minimum absolute atomic E-state index is 0.0560. The molecule has 0 aromatic heterocycles. The first-order chi connectivity index (χ1) is 10.8. The molecule has 1 heterocycles. The number of ether oxygens (including phenoxy) is 2. The zero-order valence-electron chi connectivity index (χ0n) is 13.8. The minimum atomic E-state index is -1.46. The summed E-state index contributed by atoms with van der Waals surface area (Å²) >= 11 is 0. The van der Waals surface area contributed by atoms with E-state index in [1.165, 1.54) is 0 Å². The summed E-state index contributed by atoms with van der Waals surface area (Å²) in [7, 11) is 0. The second kappa shape index (κ2) is 9.48. The average Bonchev–Trinajstić information content (AvgIpc) is 2.52. The lowest BCUT2D eigenvalue weighted by atomic mass is 9.99. The smallest absolute Gasteiger partial charge is 0.187 e. The highest BCUT2D eigenvalue weighted by Crippen LogP contribution is 2.22. The Bertz CT molecular complexity index is 415. The summed E-state index contributed by atoms with van der Waals surface area (Å²) < 4.78 is 10.6. The Morgan fingerprint density at radius 1 is 1.09 bits per heavy atom. The van der Waals surface area contributed by atoms with Crippen LogP contribution in [-0.2, 0) is 9.47 Å². The molecule has 0 spiro atoms. The van der Waals surface area contributed by atoms with Crippen molar-refractivity contribution in [2.75, 3.05) is 13.2 Å². The van der Waals surface area contributed by atoms with Gasteiger partial charge in [0.1, 0.15) is 24.4 Å². The van der Waals surface area contributed by atoms with E-state index in [0.717, 1.165) is 5.57 Å². The maximum Gasteiger partial charge on any atom is 0.187 e. The van der Waals surface area contributed by atoms with E-state index in [0.29, 0.717) is 12.0 Å². The number of rotatable bonds is 7. The van der Waals surface area contributed by atoms with Gasteiger partial charge in [0.2, 0.25) is 0 Å². The van der Waals surface area contributed by atoms with Crippen LogP contribution in [0.1, 0.15) is 27.2 Å². The Kier molecular flexibility index (Phi) is 8.35. The van der Waals surface area contributed by atoms with E-state index in [-0.39, 0.29) is 6.61 Å². The van der Waals surface area contributed by atoms with Crippen molar-refractivity contribution >= 4 is 0 Å². The van der Waals surface area contributed by atoms with Crippen molar-refractivity contribution in [3.8, 4) is 0 Å². The van der Waals surface area contributed by atoms with Crippen LogP contribution in [0.4, 0.5) is 0 Å². The largest absolute Gasteiger partial charge is 0.394 e. The molecule has 1 aliphatic heterocycles. The van der Waals surface area contributed by atoms with Crippen LogP contribution in [-0.4, -0.2) is 75.6 Å². The average molecular weight is 332 g/mol. The lowest BCUT2D eigenvalue weighted by Crippen LogP contribution is -2.59. The van der Waals surface area contributed by atoms with E-state index < -0.39 is 43.4 Å². The summed E-state index contributed by atoms with van der Waals surface area (Å²) in [5, 5.41) is 48.2. The fourth-order valence-electron chi connectivity index (χ4n) is 2.15. The molecular weight excluding hydrogens is 304 g/mol. The third-order valence-electron chi connectivity index (χ3n) is 3.79. The van der Waals surface area contributed by atoms with Crippen molar-refractivity contribution in [2.24, 2.45) is 0 Å². The van der Waals surface area contributed by atoms with Gasteiger partial charge in [-0.3, -0.25) is 0 Å². The number of aliphatic hydroxyl groups is 5. The van der Waals surface area contributed by atoms with Gasteiger partial charge in [0.25, 0.3) is 0 Å². The van der Waals surface area contributed by atoms with Gasteiger partial charge in [0, 0.05) is 0 Å². The van der Waals surface area contributed by atoms with Crippen LogP contribution < -0.4 is 0 Å². The molecule has 5 N–H and O–H groups in total. The molecule has 0 amide bonds. The molecule has 0 aliphatic carbocycles. The maximum absolute atomic E-state index is 9.96. The third-order valence-corrected chi connectivity index (χ3v) is 3.79. The number of aliphatic hydroxyl groups excluding tert-OH is 5. The quantitative estimate of drug-likeness (QED) is 0.397. The second-order valence-electron chi connectivity index (χ2n) is 6.01. The standard InChI is InChI=1S/C16H28O7/c1-9(2)4-5-11(18)10(3)6-7-22-16-15(21)14(20)13(19)12(8-17)23-16/h4,6,11-21H,5,7-8H2,1-3H3/t11-,12+,13+,14-,15+,16+/m0/s1. The fourth-order valence-corrected chi connectivity index (χ4v) is 2.15. The molecule has 0 saturated carbocycles. The van der Waals surface area contributed by atoms with Crippen LogP contribution in [0, 0.1) is 0 Å². The highest BCUT2D eigenvalue weighted by Gasteiger charge is 2.43. The Morgan fingerprint density at radius 3 is 2.30 bits per heavy atom. The third kappa shape index (κ3) is 5.96. The van der Waals surface area contributed by atoms with Gasteiger partial charge in [-0.1, -0.05) is 17.7 Å². The molecule has 7 nitrogen and oxygen atoms in total. The van der Waals surface area contributed by atoms with E-state index in [4.69, 9.17) is 14.6 Å². The van der Waals surface area contributed by atoms with Gasteiger partial charge in [-0.25, -0.2) is 0 Å². The van der Waals surface area contributed by atoms with Gasteiger partial charge in [0.05, 0.1) is 19.3 Å². The molecule has 134 valence electrons. The Hall–Kier alpha value is -0.800. The Labute approximate surface area is 136 Å². The van der Waals surface area contributed by atoms with Crippen LogP contribution in [0.3, 0.4) is 0 Å². The molecule has 0 aromatic carbocycles.